The molecule has 0 N–H and O–H groups in total. The van der Waals surface area contributed by atoms with Crippen LogP contribution in [0.1, 0.15) is 39.1 Å². The number of esters is 1. The smallest absolute Gasteiger partial charge is 0.327 e. The van der Waals surface area contributed by atoms with Gasteiger partial charge in [-0.2, -0.15) is 0 Å². The summed E-state index contributed by atoms with van der Waals surface area (Å²) >= 11 is 3.46. The summed E-state index contributed by atoms with van der Waals surface area (Å²) in [5.74, 6) is -1.48. The van der Waals surface area contributed by atoms with Gasteiger partial charge in [0.05, 0.1) is 5.41 Å². The first-order valence-corrected chi connectivity index (χ1v) is 10.4. The van der Waals surface area contributed by atoms with Crippen LogP contribution in [0.25, 0.3) is 0 Å². The van der Waals surface area contributed by atoms with Gasteiger partial charge in [0.2, 0.25) is 0 Å². The van der Waals surface area contributed by atoms with E-state index in [1.54, 1.807) is 73.7 Å². The van der Waals surface area contributed by atoms with E-state index in [4.69, 9.17) is 4.74 Å². The highest BCUT2D eigenvalue weighted by Gasteiger charge is 2.87. The number of carbonyl (C=O) groups is 3. The van der Waals surface area contributed by atoms with Crippen LogP contribution in [-0.2, 0) is 4.79 Å². The summed E-state index contributed by atoms with van der Waals surface area (Å²) in [4.78, 5) is 40.8. The summed E-state index contributed by atoms with van der Waals surface area (Å²) in [5, 5.41) is 0. The molecule has 3 aromatic rings. The first-order valence-electron chi connectivity index (χ1n) is 9.64. The van der Waals surface area contributed by atoms with Gasteiger partial charge in [0.15, 0.2) is 17.0 Å². The molecule has 2 aliphatic rings. The molecule has 5 rings (SSSR count). The molecular weight excluding hydrogens is 444 g/mol. The molecule has 0 spiro atoms. The molecule has 4 nitrogen and oxygen atoms in total. The van der Waals surface area contributed by atoms with Crippen molar-refractivity contribution in [2.24, 2.45) is 10.8 Å². The molecule has 30 heavy (non-hydrogen) atoms. The normalized spacial score (nSPS) is 26.2. The Labute approximate surface area is 182 Å². The highest BCUT2D eigenvalue weighted by molar-refractivity contribution is 9.10. The average Bonchev–Trinajstić information content (AvgIpc) is 3.37. The van der Waals surface area contributed by atoms with Crippen LogP contribution in [0.4, 0.5) is 0 Å². The van der Waals surface area contributed by atoms with Gasteiger partial charge >= 0.3 is 5.97 Å². The summed E-state index contributed by atoms with van der Waals surface area (Å²) in [7, 11) is 0. The number of Topliss-reactive ketones (excluding diaryl/α,β-unsaturated/α-hetero) is 2. The zero-order chi connectivity index (χ0) is 21.1. The quantitative estimate of drug-likeness (QED) is 0.231. The molecule has 1 heterocycles. The second-order valence-electron chi connectivity index (χ2n) is 7.91. The number of fused-ring (bicyclic) bond motifs is 3. The molecule has 0 saturated heterocycles. The van der Waals surface area contributed by atoms with E-state index in [0.717, 1.165) is 4.47 Å². The zero-order valence-corrected chi connectivity index (χ0v) is 17.7. The van der Waals surface area contributed by atoms with E-state index in [0.29, 0.717) is 22.4 Å². The number of rotatable bonds is 4. The molecule has 0 amide bonds. The molecule has 0 bridgehead atoms. The fraction of sp³-hybridized carbons (Fsp3) is 0.160. The van der Waals surface area contributed by atoms with Crippen LogP contribution >= 0.6 is 15.9 Å². The van der Waals surface area contributed by atoms with Crippen LogP contribution in [0, 0.1) is 10.8 Å². The topological polar surface area (TPSA) is 60.4 Å². The summed E-state index contributed by atoms with van der Waals surface area (Å²) in [5.41, 5.74) is -1.28. The minimum atomic E-state index is -1.59. The summed E-state index contributed by atoms with van der Waals surface area (Å²) in [6, 6.07) is 22.7. The maximum absolute atomic E-state index is 13.8. The highest BCUT2D eigenvalue weighted by Crippen LogP contribution is 2.79. The second kappa shape index (κ2) is 6.47. The van der Waals surface area contributed by atoms with Crippen LogP contribution < -0.4 is 4.74 Å². The largest absolute Gasteiger partial charge is 0.425 e. The number of hydrogen-bond donors (Lipinski definition) is 0. The molecule has 1 fully saturated rings. The van der Waals surface area contributed by atoms with Crippen molar-refractivity contribution < 1.29 is 19.1 Å². The molecule has 3 atom stereocenters. The van der Waals surface area contributed by atoms with Crippen molar-refractivity contribution in [3.63, 3.8) is 0 Å². The van der Waals surface area contributed by atoms with E-state index >= 15 is 0 Å². The summed E-state index contributed by atoms with van der Waals surface area (Å²) < 4.78 is 6.43. The van der Waals surface area contributed by atoms with Crippen molar-refractivity contribution in [2.75, 3.05) is 0 Å². The van der Waals surface area contributed by atoms with Crippen molar-refractivity contribution in [2.45, 2.75) is 12.8 Å². The molecule has 1 saturated carbocycles. The molecular formula is C25H17BrO4. The number of ether oxygens (including phenoxy) is 1. The van der Waals surface area contributed by atoms with E-state index in [1.165, 1.54) is 0 Å². The Morgan fingerprint density at radius 2 is 1.43 bits per heavy atom. The molecule has 0 aromatic heterocycles. The molecule has 148 valence electrons. The van der Waals surface area contributed by atoms with Gasteiger partial charge in [-0.05, 0) is 18.2 Å². The third kappa shape index (κ3) is 2.30. The SMILES string of the molecule is C[C@]1(C(=O)c2ccccc2)[C@H]2c3cc(Br)ccc3OC(=O)[C@@]21C(=O)c1ccccc1. The lowest BCUT2D eigenvalue weighted by Gasteiger charge is -2.23. The first-order chi connectivity index (χ1) is 14.4. The fourth-order valence-electron chi connectivity index (χ4n) is 4.99. The van der Waals surface area contributed by atoms with Gasteiger partial charge in [0.25, 0.3) is 0 Å². The predicted octanol–water partition coefficient (Wildman–Crippen LogP) is 5.22. The zero-order valence-electron chi connectivity index (χ0n) is 16.1. The number of carbonyl (C=O) groups excluding carboxylic acids is 3. The van der Waals surface area contributed by atoms with Crippen molar-refractivity contribution in [1.82, 2.24) is 0 Å². The Morgan fingerprint density at radius 3 is 2.03 bits per heavy atom. The molecule has 1 aliphatic heterocycles. The standard InChI is InChI=1S/C25H17BrO4/c1-24(21(27)15-8-4-2-5-9-15)20-18-14-17(26)12-13-19(18)30-23(29)25(20,24)22(28)16-10-6-3-7-11-16/h2-14,20H,1H3/t20-,24-,25+/m1/s1. The first kappa shape index (κ1) is 18.9. The fourth-order valence-corrected chi connectivity index (χ4v) is 5.37. The minimum absolute atomic E-state index is 0.234. The van der Waals surface area contributed by atoms with Crippen LogP contribution in [0.3, 0.4) is 0 Å². The van der Waals surface area contributed by atoms with E-state index < -0.39 is 22.7 Å². The Hall–Kier alpha value is -3.05. The van der Waals surface area contributed by atoms with Gasteiger partial charge in [-0.25, -0.2) is 0 Å². The van der Waals surface area contributed by atoms with Crippen molar-refractivity contribution in [3.8, 4) is 5.75 Å². The number of ketones is 2. The van der Waals surface area contributed by atoms with Crippen LogP contribution in [0.2, 0.25) is 0 Å². The van der Waals surface area contributed by atoms with Gasteiger partial charge in [0, 0.05) is 27.1 Å². The Morgan fingerprint density at radius 1 is 0.867 bits per heavy atom. The van der Waals surface area contributed by atoms with E-state index in [9.17, 15) is 14.4 Å². The summed E-state index contributed by atoms with van der Waals surface area (Å²) in [6.07, 6.45) is 0. The lowest BCUT2D eigenvalue weighted by atomic mass is 9.82. The van der Waals surface area contributed by atoms with Crippen molar-refractivity contribution in [1.29, 1.82) is 0 Å². The second-order valence-corrected chi connectivity index (χ2v) is 8.82. The minimum Gasteiger partial charge on any atom is -0.425 e. The summed E-state index contributed by atoms with van der Waals surface area (Å²) in [6.45, 7) is 1.71. The number of hydrogen-bond acceptors (Lipinski definition) is 4. The van der Waals surface area contributed by atoms with Crippen LogP contribution in [0.5, 0.6) is 5.75 Å². The van der Waals surface area contributed by atoms with E-state index in [2.05, 4.69) is 15.9 Å². The number of benzene rings is 3. The Balaban J connectivity index is 1.74. The van der Waals surface area contributed by atoms with E-state index in [1.807, 2.05) is 12.1 Å². The molecule has 5 heteroatoms. The van der Waals surface area contributed by atoms with Gasteiger partial charge < -0.3 is 4.74 Å². The van der Waals surface area contributed by atoms with Crippen LogP contribution in [-0.4, -0.2) is 17.5 Å². The average molecular weight is 461 g/mol. The third-order valence-electron chi connectivity index (χ3n) is 6.46. The van der Waals surface area contributed by atoms with Gasteiger partial charge in [-0.15, -0.1) is 0 Å². The molecule has 1 aliphatic carbocycles. The van der Waals surface area contributed by atoms with Gasteiger partial charge in [0.1, 0.15) is 5.75 Å². The lowest BCUT2D eigenvalue weighted by molar-refractivity contribution is -0.140. The maximum atomic E-state index is 13.8. The van der Waals surface area contributed by atoms with Crippen LogP contribution in [0.15, 0.2) is 83.3 Å². The highest BCUT2D eigenvalue weighted by atomic mass is 79.9. The number of halogens is 1. The Kier molecular flexibility index (Phi) is 4.09. The third-order valence-corrected chi connectivity index (χ3v) is 6.95. The van der Waals surface area contributed by atoms with Gasteiger partial charge in [-0.1, -0.05) is 83.5 Å². The predicted molar refractivity (Wildman–Crippen MR) is 115 cm³/mol. The molecule has 0 unspecified atom stereocenters. The van der Waals surface area contributed by atoms with Crippen molar-refractivity contribution in [3.05, 3.63) is 100 Å². The maximum Gasteiger partial charge on any atom is 0.327 e. The monoisotopic (exact) mass is 460 g/mol. The molecule has 3 aromatic carbocycles. The molecule has 0 radical (unpaired) electrons. The van der Waals surface area contributed by atoms with E-state index in [-0.39, 0.29) is 11.6 Å². The van der Waals surface area contributed by atoms with Gasteiger partial charge in [-0.3, -0.25) is 14.4 Å². The Bertz CT molecular complexity index is 1200. The van der Waals surface area contributed by atoms with Crippen molar-refractivity contribution >= 4 is 33.5 Å². The lowest BCUT2D eigenvalue weighted by Crippen LogP contribution is -2.39.